The first-order chi connectivity index (χ1) is 19.0. The van der Waals surface area contributed by atoms with Gasteiger partial charge in [-0.25, -0.2) is 19.2 Å². The summed E-state index contributed by atoms with van der Waals surface area (Å²) in [5.74, 6) is 1.35. The van der Waals surface area contributed by atoms with Crippen LogP contribution in [0.2, 0.25) is 0 Å². The van der Waals surface area contributed by atoms with Crippen LogP contribution in [0.1, 0.15) is 28.3 Å². The fourth-order valence-corrected chi connectivity index (χ4v) is 5.20. The maximum atomic E-state index is 10.5. The Labute approximate surface area is 224 Å². The molecule has 0 spiro atoms. The summed E-state index contributed by atoms with van der Waals surface area (Å²) in [4.78, 5) is 11.6. The van der Waals surface area contributed by atoms with Crippen molar-refractivity contribution in [2.24, 2.45) is 0 Å². The normalized spacial score (nSPS) is 14.1. The highest BCUT2D eigenvalue weighted by atomic mass is 16.5. The van der Waals surface area contributed by atoms with Crippen molar-refractivity contribution in [2.75, 3.05) is 19.0 Å². The summed E-state index contributed by atoms with van der Waals surface area (Å²) in [7, 11) is 4.05. The maximum Gasteiger partial charge on any atom is 0.230 e. The molecule has 39 heavy (non-hydrogen) atoms. The highest BCUT2D eigenvalue weighted by Gasteiger charge is 2.38. The molecule has 4 heterocycles. The molecule has 1 atom stereocenters. The molecule has 0 radical (unpaired) electrons. The van der Waals surface area contributed by atoms with Crippen molar-refractivity contribution in [3.8, 4) is 34.6 Å². The van der Waals surface area contributed by atoms with Gasteiger partial charge in [-0.2, -0.15) is 5.10 Å². The van der Waals surface area contributed by atoms with E-state index in [1.807, 2.05) is 62.1 Å². The highest BCUT2D eigenvalue weighted by Crippen LogP contribution is 2.50. The van der Waals surface area contributed by atoms with Crippen LogP contribution in [0.4, 0.5) is 5.69 Å². The fourth-order valence-electron chi connectivity index (χ4n) is 5.20. The molecule has 3 aromatic heterocycles. The molecule has 9 nitrogen and oxygen atoms in total. The second kappa shape index (κ2) is 8.70. The minimum Gasteiger partial charge on any atom is -0.507 e. The number of ether oxygens (including phenoxy) is 1. The first-order valence-corrected chi connectivity index (χ1v) is 12.6. The van der Waals surface area contributed by atoms with Gasteiger partial charge in [0, 0.05) is 19.8 Å². The van der Waals surface area contributed by atoms with Crippen LogP contribution in [0.5, 0.6) is 17.5 Å². The zero-order valence-corrected chi connectivity index (χ0v) is 21.6. The van der Waals surface area contributed by atoms with Gasteiger partial charge >= 0.3 is 0 Å². The number of anilines is 1. The molecule has 0 fully saturated rings. The van der Waals surface area contributed by atoms with Crippen molar-refractivity contribution in [1.29, 1.82) is 0 Å². The standard InChI is InChI=1S/C30H25N7O2/c1-18-24-25(19-13-15-20(16-14-19)35(2)3)26-28-32-27(22-11-7-8-12-23(22)38)34-36(28)17-31-29(26)39-30(24)37(33-18)21-9-5-4-6-10-21/h4-17,25,38H,1-3H3/t25-/m1/s1. The quantitative estimate of drug-likeness (QED) is 0.338. The number of para-hydroxylation sites is 2. The molecule has 0 saturated heterocycles. The summed E-state index contributed by atoms with van der Waals surface area (Å²) in [6.07, 6.45) is 1.60. The maximum absolute atomic E-state index is 10.5. The van der Waals surface area contributed by atoms with E-state index in [1.165, 1.54) is 0 Å². The molecule has 192 valence electrons. The molecular formula is C30H25N7O2. The number of aryl methyl sites for hydroxylation is 1. The van der Waals surface area contributed by atoms with Crippen molar-refractivity contribution >= 4 is 11.3 Å². The molecule has 0 unspecified atom stereocenters. The molecule has 3 aromatic carbocycles. The van der Waals surface area contributed by atoms with E-state index in [4.69, 9.17) is 14.8 Å². The van der Waals surface area contributed by atoms with E-state index >= 15 is 0 Å². The third-order valence-corrected chi connectivity index (χ3v) is 7.11. The smallest absolute Gasteiger partial charge is 0.230 e. The zero-order chi connectivity index (χ0) is 26.7. The van der Waals surface area contributed by atoms with Crippen molar-refractivity contribution in [3.63, 3.8) is 0 Å². The van der Waals surface area contributed by atoms with Gasteiger partial charge in [-0.3, -0.25) is 0 Å². The first-order valence-electron chi connectivity index (χ1n) is 12.6. The van der Waals surface area contributed by atoms with Crippen LogP contribution < -0.4 is 9.64 Å². The molecule has 0 saturated carbocycles. The number of phenolic OH excluding ortho intramolecular Hbond substituents is 1. The minimum atomic E-state index is -0.255. The Morgan fingerprint density at radius 2 is 1.62 bits per heavy atom. The van der Waals surface area contributed by atoms with Gasteiger partial charge in [0.2, 0.25) is 11.8 Å². The summed E-state index contributed by atoms with van der Waals surface area (Å²) in [6.45, 7) is 2.00. The Kier molecular flexibility index (Phi) is 5.12. The van der Waals surface area contributed by atoms with Crippen molar-refractivity contribution in [3.05, 3.63) is 108 Å². The average Bonchev–Trinajstić information content (AvgIpc) is 3.54. The Balaban J connectivity index is 1.48. The molecule has 1 N–H and O–H groups in total. The first kappa shape index (κ1) is 23.0. The molecule has 0 aliphatic carbocycles. The van der Waals surface area contributed by atoms with E-state index in [0.717, 1.165) is 33.8 Å². The van der Waals surface area contributed by atoms with Crippen LogP contribution >= 0.6 is 0 Å². The summed E-state index contributed by atoms with van der Waals surface area (Å²) < 4.78 is 9.97. The molecule has 1 aliphatic heterocycles. The van der Waals surface area contributed by atoms with Gasteiger partial charge in [0.05, 0.1) is 34.0 Å². The number of phenols is 1. The lowest BCUT2D eigenvalue weighted by Gasteiger charge is -2.26. The summed E-state index contributed by atoms with van der Waals surface area (Å²) in [6, 6.07) is 25.4. The van der Waals surface area contributed by atoms with Crippen LogP contribution in [0.15, 0.2) is 85.2 Å². The van der Waals surface area contributed by atoms with Gasteiger partial charge in [0.15, 0.2) is 11.5 Å². The molecule has 9 heteroatoms. The third kappa shape index (κ3) is 3.62. The lowest BCUT2D eigenvalue weighted by atomic mass is 9.84. The average molecular weight is 516 g/mol. The zero-order valence-electron chi connectivity index (χ0n) is 21.6. The molecule has 1 aliphatic rings. The lowest BCUT2D eigenvalue weighted by Crippen LogP contribution is -2.16. The van der Waals surface area contributed by atoms with Gasteiger partial charge in [0.25, 0.3) is 0 Å². The predicted octanol–water partition coefficient (Wildman–Crippen LogP) is 5.34. The Morgan fingerprint density at radius 3 is 2.36 bits per heavy atom. The summed E-state index contributed by atoms with van der Waals surface area (Å²) in [5, 5.41) is 20.0. The monoisotopic (exact) mass is 515 g/mol. The van der Waals surface area contributed by atoms with Gasteiger partial charge in [-0.15, -0.1) is 5.10 Å². The number of rotatable bonds is 4. The van der Waals surface area contributed by atoms with Crippen LogP contribution in [-0.4, -0.2) is 48.6 Å². The van der Waals surface area contributed by atoms with E-state index in [2.05, 4.69) is 39.2 Å². The second-order valence-electron chi connectivity index (χ2n) is 9.76. The molecule has 0 amide bonds. The molecule has 7 rings (SSSR count). The molecule has 6 aromatic rings. The van der Waals surface area contributed by atoms with Gasteiger partial charge < -0.3 is 14.7 Å². The summed E-state index contributed by atoms with van der Waals surface area (Å²) in [5.41, 5.74) is 6.82. The Morgan fingerprint density at radius 1 is 0.872 bits per heavy atom. The minimum absolute atomic E-state index is 0.115. The Hall–Kier alpha value is -5.18. The fraction of sp³-hybridized carbons (Fsp3) is 0.133. The second-order valence-corrected chi connectivity index (χ2v) is 9.76. The summed E-state index contributed by atoms with van der Waals surface area (Å²) >= 11 is 0. The number of aromatic hydroxyl groups is 1. The topological polar surface area (TPSA) is 93.6 Å². The van der Waals surface area contributed by atoms with E-state index in [1.54, 1.807) is 29.0 Å². The Bertz CT molecular complexity index is 1840. The van der Waals surface area contributed by atoms with Gasteiger partial charge in [-0.1, -0.05) is 42.5 Å². The number of fused-ring (bicyclic) bond motifs is 4. The van der Waals surface area contributed by atoms with E-state index in [0.29, 0.717) is 28.8 Å². The van der Waals surface area contributed by atoms with E-state index in [9.17, 15) is 5.11 Å². The van der Waals surface area contributed by atoms with Crippen molar-refractivity contribution < 1.29 is 9.84 Å². The molecule has 0 bridgehead atoms. The van der Waals surface area contributed by atoms with Crippen LogP contribution in [0, 0.1) is 6.92 Å². The van der Waals surface area contributed by atoms with E-state index in [-0.39, 0.29) is 11.7 Å². The van der Waals surface area contributed by atoms with Gasteiger partial charge in [-0.05, 0) is 48.9 Å². The number of benzene rings is 3. The van der Waals surface area contributed by atoms with Crippen molar-refractivity contribution in [2.45, 2.75) is 12.8 Å². The van der Waals surface area contributed by atoms with Crippen LogP contribution in [-0.2, 0) is 0 Å². The number of hydrogen-bond donors (Lipinski definition) is 1. The molecular weight excluding hydrogens is 490 g/mol. The van der Waals surface area contributed by atoms with E-state index < -0.39 is 0 Å². The highest BCUT2D eigenvalue weighted by molar-refractivity contribution is 5.71. The number of hydrogen-bond acceptors (Lipinski definition) is 7. The largest absolute Gasteiger partial charge is 0.507 e. The van der Waals surface area contributed by atoms with Crippen LogP contribution in [0.25, 0.3) is 22.7 Å². The van der Waals surface area contributed by atoms with Crippen LogP contribution in [0.3, 0.4) is 0 Å². The SMILES string of the molecule is Cc1nn(-c2ccccc2)c2c1[C@@H](c1ccc(N(C)C)cc1)c1c(ncn3nc(-c4ccccc4O)nc13)O2. The van der Waals surface area contributed by atoms with Gasteiger partial charge in [0.1, 0.15) is 12.1 Å². The predicted molar refractivity (Wildman–Crippen MR) is 148 cm³/mol. The third-order valence-electron chi connectivity index (χ3n) is 7.11. The number of aromatic nitrogens is 6. The number of nitrogens with zero attached hydrogens (tertiary/aromatic N) is 7. The van der Waals surface area contributed by atoms with Crippen molar-refractivity contribution in [1.82, 2.24) is 29.4 Å². The lowest BCUT2D eigenvalue weighted by molar-refractivity contribution is 0.402.